The lowest BCUT2D eigenvalue weighted by Gasteiger charge is -2.05. The van der Waals surface area contributed by atoms with Gasteiger partial charge in [0.2, 0.25) is 5.91 Å². The number of primary amides is 1. The summed E-state index contributed by atoms with van der Waals surface area (Å²) in [5, 5.41) is 5.23. The van der Waals surface area contributed by atoms with Crippen LogP contribution in [0.2, 0.25) is 0 Å². The highest BCUT2D eigenvalue weighted by molar-refractivity contribution is 5.91. The number of aromatic nitrogens is 1. The third-order valence-electron chi connectivity index (χ3n) is 2.78. The molecule has 0 aliphatic heterocycles. The molecule has 1 aromatic heterocycles. The molecule has 112 valence electrons. The number of nitrogens with zero attached hydrogens (tertiary/aromatic N) is 1. The Hall–Kier alpha value is -3.15. The van der Waals surface area contributed by atoms with Gasteiger partial charge >= 0.3 is 6.03 Å². The number of hydrogen-bond donors (Lipinski definition) is 3. The van der Waals surface area contributed by atoms with Crippen LogP contribution >= 0.6 is 0 Å². The first-order valence-corrected chi connectivity index (χ1v) is 6.66. The van der Waals surface area contributed by atoms with Crippen LogP contribution in [-0.2, 0) is 11.3 Å². The number of hydrogen-bond acceptors (Lipinski definition) is 3. The van der Waals surface area contributed by atoms with Crippen molar-refractivity contribution in [3.05, 3.63) is 66.0 Å². The highest BCUT2D eigenvalue weighted by atomic mass is 16.2. The number of amides is 3. The number of benzene rings is 1. The summed E-state index contributed by atoms with van der Waals surface area (Å²) >= 11 is 0. The molecule has 0 bridgehead atoms. The Morgan fingerprint density at radius 2 is 1.91 bits per heavy atom. The van der Waals surface area contributed by atoms with E-state index in [4.69, 9.17) is 5.73 Å². The van der Waals surface area contributed by atoms with E-state index in [0.29, 0.717) is 12.2 Å². The molecule has 1 heterocycles. The normalized spacial score (nSPS) is 10.4. The van der Waals surface area contributed by atoms with Gasteiger partial charge in [-0.05, 0) is 35.9 Å². The molecule has 0 saturated carbocycles. The second-order valence-corrected chi connectivity index (χ2v) is 4.49. The fourth-order valence-corrected chi connectivity index (χ4v) is 1.73. The third-order valence-corrected chi connectivity index (χ3v) is 2.78. The number of nitrogens with two attached hydrogens (primary N) is 1. The number of carbonyl (C=O) groups is 2. The Balaban J connectivity index is 1.83. The van der Waals surface area contributed by atoms with Gasteiger partial charge < -0.3 is 16.4 Å². The molecule has 22 heavy (non-hydrogen) atoms. The molecule has 0 aliphatic rings. The summed E-state index contributed by atoms with van der Waals surface area (Å²) in [5.74, 6) is -0.204. The first-order valence-electron chi connectivity index (χ1n) is 6.66. The van der Waals surface area contributed by atoms with E-state index in [2.05, 4.69) is 15.6 Å². The Bertz CT molecular complexity index is 666. The van der Waals surface area contributed by atoms with Crippen molar-refractivity contribution < 1.29 is 9.59 Å². The predicted molar refractivity (Wildman–Crippen MR) is 84.8 cm³/mol. The van der Waals surface area contributed by atoms with Crippen molar-refractivity contribution in [3.63, 3.8) is 0 Å². The lowest BCUT2D eigenvalue weighted by molar-refractivity contribution is -0.116. The van der Waals surface area contributed by atoms with E-state index in [-0.39, 0.29) is 5.91 Å². The molecule has 6 nitrogen and oxygen atoms in total. The van der Waals surface area contributed by atoms with E-state index >= 15 is 0 Å². The Morgan fingerprint density at radius 3 is 2.55 bits per heavy atom. The van der Waals surface area contributed by atoms with Crippen LogP contribution in [0.4, 0.5) is 10.5 Å². The topological polar surface area (TPSA) is 97.1 Å². The van der Waals surface area contributed by atoms with Crippen molar-refractivity contribution in [2.45, 2.75) is 6.54 Å². The van der Waals surface area contributed by atoms with Crippen LogP contribution in [-0.4, -0.2) is 16.9 Å². The van der Waals surface area contributed by atoms with Crippen molar-refractivity contribution in [3.8, 4) is 0 Å². The molecule has 0 spiro atoms. The van der Waals surface area contributed by atoms with Crippen LogP contribution in [0.25, 0.3) is 6.08 Å². The minimum Gasteiger partial charge on any atom is -0.351 e. The summed E-state index contributed by atoms with van der Waals surface area (Å²) in [6.07, 6.45) is 4.75. The van der Waals surface area contributed by atoms with Gasteiger partial charge in [-0.2, -0.15) is 0 Å². The lowest BCUT2D eigenvalue weighted by atomic mass is 10.2. The maximum absolute atomic E-state index is 11.7. The number of anilines is 1. The second-order valence-electron chi connectivity index (χ2n) is 4.49. The van der Waals surface area contributed by atoms with Gasteiger partial charge in [0.25, 0.3) is 0 Å². The number of urea groups is 1. The van der Waals surface area contributed by atoms with Crippen LogP contribution in [0.1, 0.15) is 11.3 Å². The molecular weight excluding hydrogens is 280 g/mol. The maximum Gasteiger partial charge on any atom is 0.316 e. The zero-order chi connectivity index (χ0) is 15.8. The van der Waals surface area contributed by atoms with Gasteiger partial charge in [0.05, 0.1) is 5.69 Å². The van der Waals surface area contributed by atoms with Gasteiger partial charge in [0.1, 0.15) is 0 Å². The van der Waals surface area contributed by atoms with Crippen molar-refractivity contribution >= 4 is 23.7 Å². The van der Waals surface area contributed by atoms with E-state index < -0.39 is 6.03 Å². The van der Waals surface area contributed by atoms with Gasteiger partial charge in [0, 0.05) is 24.5 Å². The molecule has 4 N–H and O–H groups in total. The fraction of sp³-hybridized carbons (Fsp3) is 0.0625. The minimum absolute atomic E-state index is 0.204. The summed E-state index contributed by atoms with van der Waals surface area (Å²) in [6.45, 7) is 0.391. The maximum atomic E-state index is 11.7. The average Bonchev–Trinajstić information content (AvgIpc) is 2.53. The largest absolute Gasteiger partial charge is 0.351 e. The lowest BCUT2D eigenvalue weighted by Crippen LogP contribution is -2.20. The molecule has 2 rings (SSSR count). The van der Waals surface area contributed by atoms with Crippen LogP contribution < -0.4 is 16.4 Å². The molecule has 0 saturated heterocycles. The van der Waals surface area contributed by atoms with Crippen molar-refractivity contribution in [2.24, 2.45) is 5.73 Å². The molecule has 2 aromatic rings. The SMILES string of the molecule is NC(=O)Nc1ccc(CNC(=O)/C=C/c2ccccn2)cc1. The minimum atomic E-state index is -0.610. The van der Waals surface area contributed by atoms with Gasteiger partial charge in [0.15, 0.2) is 0 Å². The van der Waals surface area contributed by atoms with Crippen molar-refractivity contribution in [1.82, 2.24) is 10.3 Å². The van der Waals surface area contributed by atoms with Crippen molar-refractivity contribution in [2.75, 3.05) is 5.32 Å². The first-order chi connectivity index (χ1) is 10.6. The van der Waals surface area contributed by atoms with E-state index in [1.807, 2.05) is 18.2 Å². The highest BCUT2D eigenvalue weighted by Crippen LogP contribution is 2.09. The van der Waals surface area contributed by atoms with Crippen LogP contribution in [0.15, 0.2) is 54.7 Å². The molecule has 0 radical (unpaired) electrons. The van der Waals surface area contributed by atoms with E-state index in [0.717, 1.165) is 11.3 Å². The average molecular weight is 296 g/mol. The summed E-state index contributed by atoms with van der Waals surface area (Å²) in [7, 11) is 0. The van der Waals surface area contributed by atoms with Gasteiger partial charge in [-0.1, -0.05) is 18.2 Å². The molecule has 3 amide bonds. The number of nitrogens with one attached hydrogen (secondary N) is 2. The Labute approximate surface area is 128 Å². The zero-order valence-electron chi connectivity index (χ0n) is 11.8. The standard InChI is InChI=1S/C16H16N4O2/c17-16(22)20-14-6-4-12(5-7-14)11-19-15(21)9-8-13-3-1-2-10-18-13/h1-10H,11H2,(H,19,21)(H3,17,20,22)/b9-8+. The second kappa shape index (κ2) is 7.58. The Morgan fingerprint density at radius 1 is 1.14 bits per heavy atom. The van der Waals surface area contributed by atoms with Gasteiger partial charge in [-0.25, -0.2) is 4.79 Å². The number of carbonyl (C=O) groups excluding carboxylic acids is 2. The van der Waals surface area contributed by atoms with Crippen molar-refractivity contribution in [1.29, 1.82) is 0 Å². The smallest absolute Gasteiger partial charge is 0.316 e. The molecule has 0 aliphatic carbocycles. The van der Waals surface area contributed by atoms with E-state index in [1.54, 1.807) is 36.5 Å². The van der Waals surface area contributed by atoms with E-state index in [9.17, 15) is 9.59 Å². The van der Waals surface area contributed by atoms with E-state index in [1.165, 1.54) is 6.08 Å². The third kappa shape index (κ3) is 5.09. The molecule has 6 heteroatoms. The fourth-order valence-electron chi connectivity index (χ4n) is 1.73. The summed E-state index contributed by atoms with van der Waals surface area (Å²) in [4.78, 5) is 26.5. The van der Waals surface area contributed by atoms with Crippen LogP contribution in [0.5, 0.6) is 0 Å². The van der Waals surface area contributed by atoms with Gasteiger partial charge in [-0.15, -0.1) is 0 Å². The summed E-state index contributed by atoms with van der Waals surface area (Å²) < 4.78 is 0. The van der Waals surface area contributed by atoms with Crippen LogP contribution in [0.3, 0.4) is 0 Å². The monoisotopic (exact) mass is 296 g/mol. The number of pyridine rings is 1. The molecule has 0 fully saturated rings. The van der Waals surface area contributed by atoms with Gasteiger partial charge in [-0.3, -0.25) is 9.78 Å². The molecule has 1 aromatic carbocycles. The Kier molecular flexibility index (Phi) is 5.25. The summed E-state index contributed by atoms with van der Waals surface area (Å²) in [6, 6.07) is 11.9. The zero-order valence-corrected chi connectivity index (χ0v) is 11.8. The summed E-state index contributed by atoms with van der Waals surface area (Å²) in [5.41, 5.74) is 7.26. The molecule has 0 atom stereocenters. The van der Waals surface area contributed by atoms with Crippen LogP contribution in [0, 0.1) is 0 Å². The highest BCUT2D eigenvalue weighted by Gasteiger charge is 1.99. The molecule has 0 unspecified atom stereocenters. The first kappa shape index (κ1) is 15.2. The number of rotatable bonds is 5. The predicted octanol–water partition coefficient (Wildman–Crippen LogP) is 1.90. The quantitative estimate of drug-likeness (QED) is 0.735. The molecular formula is C16H16N4O2.